The summed E-state index contributed by atoms with van der Waals surface area (Å²) in [5.41, 5.74) is 8.42. The molecule has 6 aromatic carbocycles. The fourth-order valence-electron chi connectivity index (χ4n) is 7.01. The maximum atomic E-state index is 6.20. The van der Waals surface area contributed by atoms with Crippen molar-refractivity contribution in [2.45, 2.75) is 0 Å². The van der Waals surface area contributed by atoms with Crippen molar-refractivity contribution in [2.24, 2.45) is 0 Å². The van der Waals surface area contributed by atoms with E-state index >= 15 is 0 Å². The maximum Gasteiger partial charge on any atom is 0.238 e. The van der Waals surface area contributed by atoms with Crippen LogP contribution in [-0.4, -0.2) is 24.5 Å². The average Bonchev–Trinajstić information content (AvgIpc) is 3.71. The Morgan fingerprint density at radius 2 is 1.17 bits per heavy atom. The summed E-state index contributed by atoms with van der Waals surface area (Å²) in [4.78, 5) is 20.2. The molecule has 0 bridgehead atoms. The van der Waals surface area contributed by atoms with Crippen LogP contribution in [0.25, 0.3) is 94.5 Å². The minimum Gasteiger partial charge on any atom is -0.454 e. The number of hydrogen-bond donors (Lipinski definition) is 0. The lowest BCUT2D eigenvalue weighted by molar-refractivity contribution is 0.668. The lowest BCUT2D eigenvalue weighted by atomic mass is 9.95. The van der Waals surface area contributed by atoms with Crippen LogP contribution in [0, 0.1) is 0 Å². The van der Waals surface area contributed by atoms with Crippen molar-refractivity contribution in [3.8, 4) is 39.9 Å². The first-order valence-corrected chi connectivity index (χ1v) is 15.9. The number of nitrogens with zero attached hydrogens (tertiary/aromatic N) is 5. The first-order chi connectivity index (χ1) is 23.8. The summed E-state index contributed by atoms with van der Waals surface area (Å²) in [7, 11) is 0. The van der Waals surface area contributed by atoms with Gasteiger partial charge in [0.1, 0.15) is 11.1 Å². The Morgan fingerprint density at radius 1 is 0.479 bits per heavy atom. The largest absolute Gasteiger partial charge is 0.454 e. The lowest BCUT2D eigenvalue weighted by Gasteiger charge is -2.13. The van der Waals surface area contributed by atoms with E-state index in [9.17, 15) is 0 Å². The molecule has 0 unspecified atom stereocenters. The number of furan rings is 1. The maximum absolute atomic E-state index is 6.20. The van der Waals surface area contributed by atoms with Gasteiger partial charge in [0.2, 0.25) is 5.95 Å². The molecule has 0 N–H and O–H groups in total. The van der Waals surface area contributed by atoms with Crippen LogP contribution < -0.4 is 0 Å². The van der Waals surface area contributed by atoms with E-state index in [4.69, 9.17) is 19.4 Å². The Bertz CT molecular complexity index is 2840. The zero-order valence-corrected chi connectivity index (χ0v) is 25.6. The summed E-state index contributed by atoms with van der Waals surface area (Å²) in [6.07, 6.45) is 1.79. The Labute approximate surface area is 274 Å². The molecule has 0 amide bonds. The average molecular weight is 616 g/mol. The number of pyridine rings is 1. The molecule has 0 aliphatic heterocycles. The summed E-state index contributed by atoms with van der Waals surface area (Å²) >= 11 is 0. The molecule has 4 aromatic heterocycles. The van der Waals surface area contributed by atoms with Crippen LogP contribution in [0.2, 0.25) is 0 Å². The quantitative estimate of drug-likeness (QED) is 0.197. The van der Waals surface area contributed by atoms with Crippen molar-refractivity contribution in [1.82, 2.24) is 24.5 Å². The molecule has 0 saturated carbocycles. The fourth-order valence-corrected chi connectivity index (χ4v) is 7.01. The first kappa shape index (κ1) is 26.5. The molecule has 6 nitrogen and oxygen atoms in total. The molecule has 0 aliphatic carbocycles. The summed E-state index contributed by atoms with van der Waals surface area (Å²) in [5, 5.41) is 5.44. The van der Waals surface area contributed by atoms with E-state index in [1.807, 2.05) is 60.7 Å². The third kappa shape index (κ3) is 3.99. The Morgan fingerprint density at radius 3 is 2.00 bits per heavy atom. The molecule has 10 aromatic rings. The minimum atomic E-state index is 0.542. The van der Waals surface area contributed by atoms with Gasteiger partial charge in [-0.05, 0) is 46.8 Å². The number of aromatic nitrogens is 5. The van der Waals surface area contributed by atoms with Crippen molar-refractivity contribution in [1.29, 1.82) is 0 Å². The van der Waals surface area contributed by atoms with E-state index in [2.05, 4.69) is 94.5 Å². The van der Waals surface area contributed by atoms with Crippen LogP contribution in [0.3, 0.4) is 0 Å². The summed E-state index contributed by atoms with van der Waals surface area (Å²) < 4.78 is 8.40. The molecule has 6 heteroatoms. The van der Waals surface area contributed by atoms with Gasteiger partial charge in [-0.25, -0.2) is 4.98 Å². The highest BCUT2D eigenvalue weighted by Crippen LogP contribution is 2.41. The predicted molar refractivity (Wildman–Crippen MR) is 193 cm³/mol. The third-order valence-corrected chi connectivity index (χ3v) is 9.11. The molecule has 0 fully saturated rings. The van der Waals surface area contributed by atoms with Gasteiger partial charge in [0, 0.05) is 33.5 Å². The summed E-state index contributed by atoms with van der Waals surface area (Å²) in [6, 6.07) is 49.9. The molecule has 0 aliphatic rings. The molecule has 0 spiro atoms. The Balaban J connectivity index is 1.34. The Kier molecular flexibility index (Phi) is 5.77. The van der Waals surface area contributed by atoms with E-state index in [-0.39, 0.29) is 0 Å². The second-order valence-electron chi connectivity index (χ2n) is 11.9. The number of benzene rings is 6. The van der Waals surface area contributed by atoms with Gasteiger partial charge >= 0.3 is 0 Å². The van der Waals surface area contributed by atoms with E-state index in [1.165, 1.54) is 16.5 Å². The minimum absolute atomic E-state index is 0.542. The number of fused-ring (bicyclic) bond motifs is 8. The zero-order chi connectivity index (χ0) is 31.6. The van der Waals surface area contributed by atoms with Crippen LogP contribution in [0.15, 0.2) is 156 Å². The summed E-state index contributed by atoms with van der Waals surface area (Å²) in [6.45, 7) is 0. The molecular weight excluding hydrogens is 590 g/mol. The van der Waals surface area contributed by atoms with E-state index in [0.717, 1.165) is 60.4 Å². The van der Waals surface area contributed by atoms with Crippen LogP contribution in [0.1, 0.15) is 0 Å². The smallest absolute Gasteiger partial charge is 0.238 e. The van der Waals surface area contributed by atoms with Crippen molar-refractivity contribution in [3.05, 3.63) is 152 Å². The van der Waals surface area contributed by atoms with Crippen LogP contribution in [0.5, 0.6) is 0 Å². The number of hydrogen-bond acceptors (Lipinski definition) is 5. The van der Waals surface area contributed by atoms with Gasteiger partial charge in [-0.1, -0.05) is 115 Å². The van der Waals surface area contributed by atoms with Gasteiger partial charge in [-0.2, -0.15) is 9.97 Å². The highest BCUT2D eigenvalue weighted by Gasteiger charge is 2.22. The standard InChI is InChI=1S/C42H25N5O/c1-3-13-26(14-4-1)32-25-33-29-18-9-10-21-34(29)47(39(33)30-19-8-7-17-28(30)32)42-45-40(27-15-5-2-6-16-27)44-41(46-42)31-20-11-22-35-37(31)38-36(48-35)23-12-24-43-38/h1-25H. The van der Waals surface area contributed by atoms with Gasteiger partial charge in [0.05, 0.1) is 16.4 Å². The highest BCUT2D eigenvalue weighted by atomic mass is 16.3. The first-order valence-electron chi connectivity index (χ1n) is 15.9. The molecule has 0 atom stereocenters. The van der Waals surface area contributed by atoms with Crippen molar-refractivity contribution in [2.75, 3.05) is 0 Å². The molecule has 0 saturated heterocycles. The van der Waals surface area contributed by atoms with Gasteiger partial charge < -0.3 is 4.42 Å². The molecule has 10 rings (SSSR count). The van der Waals surface area contributed by atoms with Crippen molar-refractivity contribution < 1.29 is 4.42 Å². The van der Waals surface area contributed by atoms with Gasteiger partial charge in [-0.3, -0.25) is 9.55 Å². The second-order valence-corrected chi connectivity index (χ2v) is 11.9. The van der Waals surface area contributed by atoms with Crippen LogP contribution >= 0.6 is 0 Å². The van der Waals surface area contributed by atoms with Crippen molar-refractivity contribution in [3.63, 3.8) is 0 Å². The van der Waals surface area contributed by atoms with E-state index in [0.29, 0.717) is 17.6 Å². The number of para-hydroxylation sites is 1. The lowest BCUT2D eigenvalue weighted by Crippen LogP contribution is -2.06. The predicted octanol–water partition coefficient (Wildman–Crippen LogP) is 10.4. The van der Waals surface area contributed by atoms with Gasteiger partial charge in [0.25, 0.3) is 0 Å². The normalized spacial score (nSPS) is 11.8. The topological polar surface area (TPSA) is 69.6 Å². The van der Waals surface area contributed by atoms with Gasteiger partial charge in [-0.15, -0.1) is 0 Å². The molecule has 4 heterocycles. The zero-order valence-electron chi connectivity index (χ0n) is 25.6. The van der Waals surface area contributed by atoms with E-state index in [1.54, 1.807) is 6.20 Å². The second kappa shape index (κ2) is 10.4. The molecular formula is C42H25N5O. The molecule has 0 radical (unpaired) electrons. The highest BCUT2D eigenvalue weighted by molar-refractivity contribution is 6.22. The molecule has 48 heavy (non-hydrogen) atoms. The van der Waals surface area contributed by atoms with Crippen molar-refractivity contribution >= 4 is 54.6 Å². The third-order valence-electron chi connectivity index (χ3n) is 9.11. The SMILES string of the molecule is c1ccc(-c2nc(-c3cccc4oc5cccnc5c34)nc(-n3c4ccccc4c4cc(-c5ccccc5)c5ccccc5c43)n2)cc1. The number of rotatable bonds is 4. The monoisotopic (exact) mass is 615 g/mol. The molecule has 224 valence electrons. The fraction of sp³-hybridized carbons (Fsp3) is 0. The van der Waals surface area contributed by atoms with Crippen LogP contribution in [-0.2, 0) is 0 Å². The van der Waals surface area contributed by atoms with Gasteiger partial charge in [0.15, 0.2) is 17.2 Å². The van der Waals surface area contributed by atoms with Crippen LogP contribution in [0.4, 0.5) is 0 Å². The van der Waals surface area contributed by atoms with E-state index < -0.39 is 0 Å². The summed E-state index contributed by atoms with van der Waals surface area (Å²) in [5.74, 6) is 1.68. The Hall–Kier alpha value is -6.66.